The monoisotopic (exact) mass is 383 g/mol. The van der Waals surface area contributed by atoms with Gasteiger partial charge < -0.3 is 14.5 Å². The predicted molar refractivity (Wildman–Crippen MR) is 105 cm³/mol. The fraction of sp³-hybridized carbons (Fsp3) is 0.273. The van der Waals surface area contributed by atoms with Crippen molar-refractivity contribution < 1.29 is 18.3 Å². The highest BCUT2D eigenvalue weighted by Crippen LogP contribution is 2.30. The van der Waals surface area contributed by atoms with E-state index in [1.54, 1.807) is 38.3 Å². The third kappa shape index (κ3) is 4.06. The molecule has 3 aromatic rings. The summed E-state index contributed by atoms with van der Waals surface area (Å²) in [6.45, 7) is 3.94. The van der Waals surface area contributed by atoms with Crippen molar-refractivity contribution in [2.45, 2.75) is 26.7 Å². The molecule has 0 saturated heterocycles. The summed E-state index contributed by atoms with van der Waals surface area (Å²) in [6.07, 6.45) is 0.259. The molecule has 0 aliphatic heterocycles. The molecule has 1 amide bonds. The zero-order valence-corrected chi connectivity index (χ0v) is 16.1. The van der Waals surface area contributed by atoms with Crippen LogP contribution in [0, 0.1) is 19.7 Å². The van der Waals surface area contributed by atoms with Crippen LogP contribution in [0.5, 0.6) is 5.75 Å². The maximum atomic E-state index is 13.6. The van der Waals surface area contributed by atoms with E-state index < -0.39 is 5.63 Å². The number of ether oxygens (including phenoxy) is 1. The summed E-state index contributed by atoms with van der Waals surface area (Å²) in [7, 11) is 1.55. The standard InChI is InChI=1S/C22H22FNO4/c1-13-10-18(27-3)21-14(2)16(22(26)28-19(21)11-13)12-20(25)24-9-8-15-6-4-5-7-17(15)23/h4-7,10-11H,8-9,12H2,1-3H3,(H,24,25). The summed E-state index contributed by atoms with van der Waals surface area (Å²) in [5, 5.41) is 3.41. The van der Waals surface area contributed by atoms with Gasteiger partial charge in [-0.05, 0) is 55.2 Å². The Kier molecular flexibility index (Phi) is 5.78. The molecule has 1 heterocycles. The summed E-state index contributed by atoms with van der Waals surface area (Å²) in [6, 6.07) is 10.1. The molecule has 0 radical (unpaired) electrons. The van der Waals surface area contributed by atoms with Gasteiger partial charge >= 0.3 is 5.63 Å². The number of halogens is 1. The number of carbonyl (C=O) groups is 1. The molecule has 5 nitrogen and oxygen atoms in total. The highest BCUT2D eigenvalue weighted by atomic mass is 19.1. The van der Waals surface area contributed by atoms with Crippen LogP contribution < -0.4 is 15.7 Å². The van der Waals surface area contributed by atoms with E-state index in [0.29, 0.717) is 34.3 Å². The molecule has 0 spiro atoms. The Balaban J connectivity index is 1.78. The number of benzene rings is 2. The molecule has 0 aliphatic carbocycles. The van der Waals surface area contributed by atoms with Gasteiger partial charge in [-0.3, -0.25) is 4.79 Å². The SMILES string of the molecule is COc1cc(C)cc2oc(=O)c(CC(=O)NCCc3ccccc3F)c(C)c12. The number of amides is 1. The van der Waals surface area contributed by atoms with Gasteiger partial charge in [-0.2, -0.15) is 0 Å². The van der Waals surface area contributed by atoms with Crippen molar-refractivity contribution in [2.75, 3.05) is 13.7 Å². The minimum Gasteiger partial charge on any atom is -0.496 e. The lowest BCUT2D eigenvalue weighted by atomic mass is 10.0. The molecule has 3 rings (SSSR count). The van der Waals surface area contributed by atoms with Crippen LogP contribution in [0.25, 0.3) is 11.0 Å². The number of fused-ring (bicyclic) bond motifs is 1. The number of hydrogen-bond acceptors (Lipinski definition) is 4. The van der Waals surface area contributed by atoms with Crippen molar-refractivity contribution in [1.29, 1.82) is 0 Å². The van der Waals surface area contributed by atoms with E-state index in [1.807, 2.05) is 13.0 Å². The van der Waals surface area contributed by atoms with Crippen molar-refractivity contribution in [3.05, 3.63) is 74.9 Å². The Morgan fingerprint density at radius 3 is 2.68 bits per heavy atom. The normalized spacial score (nSPS) is 10.9. The predicted octanol–water partition coefficient (Wildman–Crippen LogP) is 3.46. The molecule has 0 atom stereocenters. The van der Waals surface area contributed by atoms with E-state index in [1.165, 1.54) is 6.07 Å². The average Bonchev–Trinajstić information content (AvgIpc) is 2.65. The molecule has 2 aromatic carbocycles. The quantitative estimate of drug-likeness (QED) is 0.662. The fourth-order valence-electron chi connectivity index (χ4n) is 3.26. The van der Waals surface area contributed by atoms with Crippen LogP contribution in [0.15, 0.2) is 45.6 Å². The van der Waals surface area contributed by atoms with Crippen LogP contribution in [0.1, 0.15) is 22.3 Å². The van der Waals surface area contributed by atoms with Crippen LogP contribution in [0.2, 0.25) is 0 Å². The molecular weight excluding hydrogens is 361 g/mol. The van der Waals surface area contributed by atoms with Gasteiger partial charge in [0.25, 0.3) is 0 Å². The van der Waals surface area contributed by atoms with Gasteiger partial charge in [0.1, 0.15) is 17.1 Å². The van der Waals surface area contributed by atoms with E-state index in [4.69, 9.17) is 9.15 Å². The van der Waals surface area contributed by atoms with Gasteiger partial charge in [-0.15, -0.1) is 0 Å². The number of methoxy groups -OCH3 is 1. The van der Waals surface area contributed by atoms with E-state index in [9.17, 15) is 14.0 Å². The second-order valence-electron chi connectivity index (χ2n) is 6.70. The molecule has 0 bridgehead atoms. The molecule has 0 aliphatic rings. The minimum absolute atomic E-state index is 0.113. The first kappa shape index (κ1) is 19.6. The molecular formula is C22H22FNO4. The zero-order valence-electron chi connectivity index (χ0n) is 16.1. The number of hydrogen-bond donors (Lipinski definition) is 1. The highest BCUT2D eigenvalue weighted by molar-refractivity contribution is 5.89. The first-order chi connectivity index (χ1) is 13.4. The van der Waals surface area contributed by atoms with Gasteiger partial charge in [0.05, 0.1) is 24.5 Å². The Hall–Kier alpha value is -3.15. The van der Waals surface area contributed by atoms with Crippen molar-refractivity contribution in [3.63, 3.8) is 0 Å². The van der Waals surface area contributed by atoms with Crippen LogP contribution >= 0.6 is 0 Å². The fourth-order valence-corrected chi connectivity index (χ4v) is 3.26. The third-order valence-electron chi connectivity index (χ3n) is 4.72. The van der Waals surface area contributed by atoms with E-state index >= 15 is 0 Å². The third-order valence-corrected chi connectivity index (χ3v) is 4.72. The number of nitrogens with one attached hydrogen (secondary N) is 1. The maximum absolute atomic E-state index is 13.6. The van der Waals surface area contributed by atoms with Gasteiger partial charge in [-0.1, -0.05) is 18.2 Å². The van der Waals surface area contributed by atoms with Gasteiger partial charge in [0, 0.05) is 6.54 Å². The minimum atomic E-state index is -0.540. The van der Waals surface area contributed by atoms with E-state index in [-0.39, 0.29) is 30.3 Å². The summed E-state index contributed by atoms with van der Waals surface area (Å²) < 4.78 is 24.5. The number of carbonyl (C=O) groups excluding carboxylic acids is 1. The molecule has 0 fully saturated rings. The zero-order chi connectivity index (χ0) is 20.3. The summed E-state index contributed by atoms with van der Waals surface area (Å²) in [4.78, 5) is 24.7. The summed E-state index contributed by atoms with van der Waals surface area (Å²) >= 11 is 0. The Bertz CT molecular complexity index is 1090. The van der Waals surface area contributed by atoms with E-state index in [0.717, 1.165) is 5.56 Å². The maximum Gasteiger partial charge on any atom is 0.340 e. The van der Waals surface area contributed by atoms with Crippen molar-refractivity contribution >= 4 is 16.9 Å². The average molecular weight is 383 g/mol. The molecule has 6 heteroatoms. The Morgan fingerprint density at radius 1 is 1.21 bits per heavy atom. The van der Waals surface area contributed by atoms with Crippen LogP contribution in [-0.4, -0.2) is 19.6 Å². The molecule has 0 saturated carbocycles. The van der Waals surface area contributed by atoms with Crippen LogP contribution in [0.3, 0.4) is 0 Å². The van der Waals surface area contributed by atoms with Crippen LogP contribution in [0.4, 0.5) is 4.39 Å². The molecule has 146 valence electrons. The Labute approximate surface area is 162 Å². The van der Waals surface area contributed by atoms with E-state index in [2.05, 4.69) is 5.32 Å². The number of aryl methyl sites for hydroxylation is 2. The van der Waals surface area contributed by atoms with Gasteiger partial charge in [-0.25, -0.2) is 9.18 Å². The second-order valence-corrected chi connectivity index (χ2v) is 6.70. The topological polar surface area (TPSA) is 68.5 Å². The molecule has 28 heavy (non-hydrogen) atoms. The van der Waals surface area contributed by atoms with Crippen molar-refractivity contribution in [1.82, 2.24) is 5.32 Å². The lowest BCUT2D eigenvalue weighted by Gasteiger charge is -2.12. The van der Waals surface area contributed by atoms with Crippen molar-refractivity contribution in [3.8, 4) is 5.75 Å². The molecule has 1 N–H and O–H groups in total. The first-order valence-corrected chi connectivity index (χ1v) is 9.01. The second kappa shape index (κ2) is 8.25. The van der Waals surface area contributed by atoms with Gasteiger partial charge in [0.2, 0.25) is 5.91 Å². The largest absolute Gasteiger partial charge is 0.496 e. The summed E-state index contributed by atoms with van der Waals surface area (Å²) in [5.74, 6) is -0.0280. The molecule has 0 unspecified atom stereocenters. The first-order valence-electron chi connectivity index (χ1n) is 9.01. The van der Waals surface area contributed by atoms with Gasteiger partial charge in [0.15, 0.2) is 0 Å². The van der Waals surface area contributed by atoms with Crippen molar-refractivity contribution in [2.24, 2.45) is 0 Å². The lowest BCUT2D eigenvalue weighted by molar-refractivity contribution is -0.120. The Morgan fingerprint density at radius 2 is 1.96 bits per heavy atom. The molecule has 1 aromatic heterocycles. The smallest absolute Gasteiger partial charge is 0.340 e. The van der Waals surface area contributed by atoms with Crippen LogP contribution in [-0.2, 0) is 17.6 Å². The summed E-state index contributed by atoms with van der Waals surface area (Å²) in [5.41, 5.74) is 2.28. The highest BCUT2D eigenvalue weighted by Gasteiger charge is 2.18. The lowest BCUT2D eigenvalue weighted by Crippen LogP contribution is -2.29. The number of rotatable bonds is 6.